The molecular weight excluding hydrogens is 425 g/mol. The number of halogens is 2. The lowest BCUT2D eigenvalue weighted by Gasteiger charge is -2.24. The Balaban J connectivity index is 1.72. The average molecular weight is 442 g/mol. The van der Waals surface area contributed by atoms with E-state index in [-0.39, 0.29) is 23.7 Å². The summed E-state index contributed by atoms with van der Waals surface area (Å²) < 4.78 is 13.2. The predicted octanol–water partition coefficient (Wildman–Crippen LogP) is 5.21. The summed E-state index contributed by atoms with van der Waals surface area (Å²) in [5.41, 5.74) is 1.32. The molecule has 1 N–H and O–H groups in total. The molecule has 4 rings (SSSR count). The van der Waals surface area contributed by atoms with E-state index in [2.05, 4.69) is 0 Å². The van der Waals surface area contributed by atoms with Gasteiger partial charge in [-0.1, -0.05) is 29.8 Å². The Morgan fingerprint density at radius 2 is 1.77 bits per heavy atom. The van der Waals surface area contributed by atoms with E-state index in [1.165, 1.54) is 28.4 Å². The fraction of sp³-hybridized carbons (Fsp3) is 0.130. The second-order valence-corrected chi connectivity index (χ2v) is 8.31. The Kier molecular flexibility index (Phi) is 5.70. The summed E-state index contributed by atoms with van der Waals surface area (Å²) in [5, 5.41) is 13.3. The minimum absolute atomic E-state index is 0.0591. The lowest BCUT2D eigenvalue weighted by molar-refractivity contribution is -0.139. The zero-order valence-corrected chi connectivity index (χ0v) is 17.3. The number of carbonyl (C=O) groups is 2. The average Bonchev–Trinajstić information content (AvgIpc) is 3.35. The van der Waals surface area contributed by atoms with E-state index in [9.17, 15) is 19.1 Å². The van der Waals surface area contributed by atoms with Gasteiger partial charge in [-0.15, -0.1) is 11.3 Å². The number of nitrogens with zero attached hydrogens (tertiary/aromatic N) is 1. The van der Waals surface area contributed by atoms with Gasteiger partial charge in [-0.25, -0.2) is 4.39 Å². The molecule has 0 spiro atoms. The van der Waals surface area contributed by atoms with Gasteiger partial charge in [-0.2, -0.15) is 0 Å². The van der Waals surface area contributed by atoms with Crippen molar-refractivity contribution in [2.24, 2.45) is 0 Å². The SMILES string of the molecule is O=C1C(=O)N(CCc2ccc(F)cc2)C(c2cccs2)/C1=C(/O)c1ccc(Cl)cc1. The molecule has 0 radical (unpaired) electrons. The highest BCUT2D eigenvalue weighted by Gasteiger charge is 2.46. The molecule has 7 heteroatoms. The Morgan fingerprint density at radius 1 is 1.07 bits per heavy atom. The summed E-state index contributed by atoms with van der Waals surface area (Å²) in [6.45, 7) is 0.260. The van der Waals surface area contributed by atoms with Crippen molar-refractivity contribution in [3.63, 3.8) is 0 Å². The summed E-state index contributed by atoms with van der Waals surface area (Å²) >= 11 is 7.33. The van der Waals surface area contributed by atoms with Crippen molar-refractivity contribution in [3.05, 3.63) is 98.5 Å². The number of thiophene rings is 1. The van der Waals surface area contributed by atoms with Crippen LogP contribution in [0.1, 0.15) is 22.0 Å². The van der Waals surface area contributed by atoms with Gasteiger partial charge in [0, 0.05) is 22.0 Å². The van der Waals surface area contributed by atoms with Crippen LogP contribution in [-0.2, 0) is 16.0 Å². The maximum Gasteiger partial charge on any atom is 0.295 e. The monoisotopic (exact) mass is 441 g/mol. The topological polar surface area (TPSA) is 57.6 Å². The number of amides is 1. The van der Waals surface area contributed by atoms with Crippen molar-refractivity contribution in [1.29, 1.82) is 0 Å². The fourth-order valence-corrected chi connectivity index (χ4v) is 4.49. The smallest absolute Gasteiger partial charge is 0.295 e. The molecule has 1 atom stereocenters. The summed E-state index contributed by atoms with van der Waals surface area (Å²) in [5.74, 6) is -1.94. The standard InChI is InChI=1S/C23H17ClFNO3S/c24-16-7-5-15(6-8-16)21(27)19-20(18-2-1-13-30-18)26(23(29)22(19)28)12-11-14-3-9-17(25)10-4-14/h1-10,13,20,27H,11-12H2/b21-19-. The lowest BCUT2D eigenvalue weighted by atomic mass is 10.00. The predicted molar refractivity (Wildman–Crippen MR) is 115 cm³/mol. The van der Waals surface area contributed by atoms with Crippen molar-refractivity contribution in [2.75, 3.05) is 6.54 Å². The molecule has 0 bridgehead atoms. The van der Waals surface area contributed by atoms with Crippen LogP contribution in [0.5, 0.6) is 0 Å². The first-order valence-corrected chi connectivity index (χ1v) is 10.5. The minimum Gasteiger partial charge on any atom is -0.507 e. The van der Waals surface area contributed by atoms with Crippen molar-refractivity contribution < 1.29 is 19.1 Å². The van der Waals surface area contributed by atoms with Gasteiger partial charge in [0.1, 0.15) is 11.6 Å². The molecule has 0 aliphatic carbocycles. The number of likely N-dealkylation sites (tertiary alicyclic amines) is 1. The number of rotatable bonds is 5. The van der Waals surface area contributed by atoms with Crippen LogP contribution in [0.25, 0.3) is 5.76 Å². The van der Waals surface area contributed by atoms with E-state index in [0.29, 0.717) is 17.0 Å². The number of aliphatic hydroxyl groups is 1. The van der Waals surface area contributed by atoms with Crippen LogP contribution in [0.4, 0.5) is 4.39 Å². The molecule has 1 aliphatic rings. The molecule has 1 aliphatic heterocycles. The van der Waals surface area contributed by atoms with Gasteiger partial charge < -0.3 is 10.0 Å². The number of hydrogen-bond donors (Lipinski definition) is 1. The summed E-state index contributed by atoms with van der Waals surface area (Å²) in [7, 11) is 0. The van der Waals surface area contributed by atoms with Gasteiger partial charge in [-0.05, 0) is 59.8 Å². The zero-order chi connectivity index (χ0) is 21.3. The maximum absolute atomic E-state index is 13.2. The van der Waals surface area contributed by atoms with E-state index in [1.807, 2.05) is 17.5 Å². The number of ketones is 1. The van der Waals surface area contributed by atoms with Gasteiger partial charge in [0.05, 0.1) is 11.6 Å². The summed E-state index contributed by atoms with van der Waals surface area (Å²) in [4.78, 5) is 28.0. The minimum atomic E-state index is -0.722. The van der Waals surface area contributed by atoms with Crippen LogP contribution in [0.2, 0.25) is 5.02 Å². The first-order chi connectivity index (χ1) is 14.5. The molecule has 0 saturated carbocycles. The van der Waals surface area contributed by atoms with Crippen LogP contribution in [0, 0.1) is 5.82 Å². The van der Waals surface area contributed by atoms with Crippen molar-refractivity contribution in [3.8, 4) is 0 Å². The number of hydrogen-bond acceptors (Lipinski definition) is 4. The van der Waals surface area contributed by atoms with Crippen molar-refractivity contribution >= 4 is 40.4 Å². The van der Waals surface area contributed by atoms with Crippen LogP contribution in [-0.4, -0.2) is 28.2 Å². The van der Waals surface area contributed by atoms with Crippen LogP contribution >= 0.6 is 22.9 Å². The van der Waals surface area contributed by atoms with Gasteiger partial charge in [0.25, 0.3) is 11.7 Å². The molecular formula is C23H17ClFNO3S. The normalized spacial score (nSPS) is 18.2. The number of aliphatic hydroxyl groups excluding tert-OH is 1. The van der Waals surface area contributed by atoms with Gasteiger partial charge in [0.15, 0.2) is 0 Å². The largest absolute Gasteiger partial charge is 0.507 e. The molecule has 1 amide bonds. The molecule has 3 aromatic rings. The lowest BCUT2D eigenvalue weighted by Crippen LogP contribution is -2.31. The van der Waals surface area contributed by atoms with Gasteiger partial charge in [-0.3, -0.25) is 9.59 Å². The molecule has 152 valence electrons. The number of carbonyl (C=O) groups excluding carboxylic acids is 2. The summed E-state index contributed by atoms with van der Waals surface area (Å²) in [6, 6.07) is 15.5. The van der Waals surface area contributed by atoms with E-state index in [4.69, 9.17) is 11.6 Å². The number of Topliss-reactive ketones (excluding diaryl/α,β-unsaturated/α-hetero) is 1. The second-order valence-electron chi connectivity index (χ2n) is 6.89. The molecule has 30 heavy (non-hydrogen) atoms. The Morgan fingerprint density at radius 3 is 2.40 bits per heavy atom. The third-order valence-corrected chi connectivity index (χ3v) is 6.20. The first-order valence-electron chi connectivity index (χ1n) is 9.28. The Bertz CT molecular complexity index is 1110. The molecule has 1 saturated heterocycles. The Labute approximate surface area is 181 Å². The van der Waals surface area contributed by atoms with E-state index in [0.717, 1.165) is 10.4 Å². The third-order valence-electron chi connectivity index (χ3n) is 5.02. The van der Waals surface area contributed by atoms with E-state index >= 15 is 0 Å². The van der Waals surface area contributed by atoms with Crippen LogP contribution < -0.4 is 0 Å². The van der Waals surface area contributed by atoms with Gasteiger partial charge >= 0.3 is 0 Å². The maximum atomic E-state index is 13.2. The second kappa shape index (κ2) is 8.42. The van der Waals surface area contributed by atoms with Crippen molar-refractivity contribution in [1.82, 2.24) is 4.90 Å². The number of benzene rings is 2. The van der Waals surface area contributed by atoms with Crippen LogP contribution in [0.3, 0.4) is 0 Å². The zero-order valence-electron chi connectivity index (χ0n) is 15.7. The van der Waals surface area contributed by atoms with E-state index < -0.39 is 17.7 Å². The highest BCUT2D eigenvalue weighted by molar-refractivity contribution is 7.10. The molecule has 1 fully saturated rings. The van der Waals surface area contributed by atoms with Crippen LogP contribution in [0.15, 0.2) is 71.6 Å². The molecule has 2 heterocycles. The fourth-order valence-electron chi connectivity index (χ4n) is 3.52. The van der Waals surface area contributed by atoms with Gasteiger partial charge in [0.2, 0.25) is 0 Å². The molecule has 1 unspecified atom stereocenters. The molecule has 2 aromatic carbocycles. The molecule has 1 aromatic heterocycles. The highest BCUT2D eigenvalue weighted by atomic mass is 35.5. The van der Waals surface area contributed by atoms with E-state index in [1.54, 1.807) is 36.4 Å². The third kappa shape index (κ3) is 3.88. The molecule has 4 nitrogen and oxygen atoms in total. The quantitative estimate of drug-likeness (QED) is 0.336. The van der Waals surface area contributed by atoms with Crippen molar-refractivity contribution in [2.45, 2.75) is 12.5 Å². The highest BCUT2D eigenvalue weighted by Crippen LogP contribution is 2.41. The first kappa shape index (κ1) is 20.3. The summed E-state index contributed by atoms with van der Waals surface area (Å²) in [6.07, 6.45) is 0.455. The Hall–Kier alpha value is -2.96.